The van der Waals surface area contributed by atoms with Crippen molar-refractivity contribution in [2.45, 2.75) is 48.2 Å². The minimum absolute atomic E-state index is 0.768. The molecule has 15 heavy (non-hydrogen) atoms. The molecule has 2 fully saturated rings. The summed E-state index contributed by atoms with van der Waals surface area (Å²) < 4.78 is 2.12. The van der Waals surface area contributed by atoms with Crippen molar-refractivity contribution in [3.8, 4) is 0 Å². The second kappa shape index (κ2) is 3.83. The summed E-state index contributed by atoms with van der Waals surface area (Å²) in [6.45, 7) is 0. The van der Waals surface area contributed by atoms with Gasteiger partial charge in [-0.25, -0.2) is 4.98 Å². The lowest BCUT2D eigenvalue weighted by atomic mass is 10.1. The van der Waals surface area contributed by atoms with E-state index in [1.807, 2.05) is 24.2 Å². The van der Waals surface area contributed by atoms with Crippen LogP contribution in [0.1, 0.15) is 25.7 Å². The molecule has 0 radical (unpaired) electrons. The maximum absolute atomic E-state index is 4.39. The number of aromatic nitrogens is 2. The zero-order chi connectivity index (χ0) is 10.3. The Kier molecular flexibility index (Phi) is 2.48. The van der Waals surface area contributed by atoms with Crippen LogP contribution in [0.3, 0.4) is 0 Å². The molecule has 2 saturated heterocycles. The topological polar surface area (TPSA) is 29.9 Å². The van der Waals surface area contributed by atoms with Crippen LogP contribution in [0.15, 0.2) is 17.6 Å². The van der Waals surface area contributed by atoms with Crippen LogP contribution < -0.4 is 5.32 Å². The molecule has 1 aromatic rings. The van der Waals surface area contributed by atoms with Crippen molar-refractivity contribution in [3.63, 3.8) is 0 Å². The molecule has 0 saturated carbocycles. The molecule has 3 nitrogen and oxygen atoms in total. The van der Waals surface area contributed by atoms with Gasteiger partial charge in [0.05, 0.1) is 0 Å². The van der Waals surface area contributed by atoms with Gasteiger partial charge in [0.2, 0.25) is 0 Å². The Morgan fingerprint density at radius 2 is 2.13 bits per heavy atom. The Morgan fingerprint density at radius 1 is 1.40 bits per heavy atom. The van der Waals surface area contributed by atoms with Gasteiger partial charge < -0.3 is 9.88 Å². The number of hydrogen-bond acceptors (Lipinski definition) is 3. The third-order valence-electron chi connectivity index (χ3n) is 3.48. The van der Waals surface area contributed by atoms with Crippen molar-refractivity contribution in [3.05, 3.63) is 12.4 Å². The molecule has 3 heterocycles. The molecule has 0 aromatic carbocycles. The Morgan fingerprint density at radius 3 is 2.73 bits per heavy atom. The van der Waals surface area contributed by atoms with Gasteiger partial charge in [-0.1, -0.05) is 11.8 Å². The van der Waals surface area contributed by atoms with E-state index in [9.17, 15) is 0 Å². The predicted molar refractivity (Wildman–Crippen MR) is 62.0 cm³/mol. The van der Waals surface area contributed by atoms with Gasteiger partial charge in [-0.3, -0.25) is 0 Å². The summed E-state index contributed by atoms with van der Waals surface area (Å²) in [5.74, 6) is 0. The molecule has 1 N–H and O–H groups in total. The van der Waals surface area contributed by atoms with Crippen molar-refractivity contribution in [2.24, 2.45) is 7.05 Å². The molecule has 2 aliphatic rings. The number of piperidine rings is 1. The second-order valence-corrected chi connectivity index (χ2v) is 5.94. The van der Waals surface area contributed by atoms with E-state index < -0.39 is 0 Å². The largest absolute Gasteiger partial charge is 0.329 e. The van der Waals surface area contributed by atoms with Crippen LogP contribution >= 0.6 is 11.8 Å². The van der Waals surface area contributed by atoms with E-state index in [4.69, 9.17) is 0 Å². The smallest absolute Gasteiger partial charge is 0.167 e. The normalized spacial score (nSPS) is 34.6. The minimum Gasteiger partial charge on any atom is -0.329 e. The fourth-order valence-electron chi connectivity index (χ4n) is 2.72. The van der Waals surface area contributed by atoms with Gasteiger partial charge in [-0.15, -0.1) is 0 Å². The molecule has 2 unspecified atom stereocenters. The molecule has 2 aliphatic heterocycles. The highest BCUT2D eigenvalue weighted by Gasteiger charge is 2.34. The van der Waals surface area contributed by atoms with Crippen molar-refractivity contribution >= 4 is 11.8 Å². The molecule has 1 aromatic heterocycles. The van der Waals surface area contributed by atoms with Crippen LogP contribution in [0.5, 0.6) is 0 Å². The molecule has 82 valence electrons. The zero-order valence-electron chi connectivity index (χ0n) is 9.02. The number of hydrogen-bond donors (Lipinski definition) is 1. The fraction of sp³-hybridized carbons (Fsp3) is 0.727. The molecule has 3 rings (SSSR count). The first-order valence-electron chi connectivity index (χ1n) is 5.71. The van der Waals surface area contributed by atoms with Gasteiger partial charge in [0.15, 0.2) is 5.16 Å². The summed E-state index contributed by atoms with van der Waals surface area (Å²) in [6, 6.07) is 1.56. The minimum atomic E-state index is 0.768. The average molecular weight is 223 g/mol. The number of imidazole rings is 1. The maximum atomic E-state index is 4.39. The van der Waals surface area contributed by atoms with Crippen molar-refractivity contribution in [2.75, 3.05) is 0 Å². The highest BCUT2D eigenvalue weighted by molar-refractivity contribution is 7.99. The summed E-state index contributed by atoms with van der Waals surface area (Å²) >= 11 is 1.96. The van der Waals surface area contributed by atoms with Crippen LogP contribution in [0, 0.1) is 0 Å². The number of fused-ring (bicyclic) bond motifs is 2. The van der Waals surface area contributed by atoms with E-state index >= 15 is 0 Å². The summed E-state index contributed by atoms with van der Waals surface area (Å²) in [5.41, 5.74) is 0. The van der Waals surface area contributed by atoms with Gasteiger partial charge in [0.25, 0.3) is 0 Å². The standard InChI is InChI=1S/C11H17N3S/c1-14-5-4-12-11(14)15-10-6-8-2-3-9(7-10)13-8/h4-5,8-10,13H,2-3,6-7H2,1H3. The third kappa shape index (κ3) is 1.93. The number of rotatable bonds is 2. The molecule has 0 aliphatic carbocycles. The van der Waals surface area contributed by atoms with Gasteiger partial charge in [0.1, 0.15) is 0 Å². The Labute approximate surface area is 94.7 Å². The lowest BCUT2D eigenvalue weighted by molar-refractivity contribution is 0.414. The van der Waals surface area contributed by atoms with Gasteiger partial charge in [-0.2, -0.15) is 0 Å². The highest BCUT2D eigenvalue weighted by atomic mass is 32.2. The summed E-state index contributed by atoms with van der Waals surface area (Å²) in [4.78, 5) is 4.39. The van der Waals surface area contributed by atoms with Gasteiger partial charge in [0, 0.05) is 36.8 Å². The van der Waals surface area contributed by atoms with Crippen LogP contribution in [0.25, 0.3) is 0 Å². The molecule has 4 heteroatoms. The zero-order valence-corrected chi connectivity index (χ0v) is 9.83. The third-order valence-corrected chi connectivity index (χ3v) is 4.80. The lowest BCUT2D eigenvalue weighted by Crippen LogP contribution is -2.39. The quantitative estimate of drug-likeness (QED) is 0.829. The van der Waals surface area contributed by atoms with E-state index in [-0.39, 0.29) is 0 Å². The first-order chi connectivity index (χ1) is 7.31. The average Bonchev–Trinajstić information content (AvgIpc) is 2.75. The maximum Gasteiger partial charge on any atom is 0.167 e. The van der Waals surface area contributed by atoms with E-state index in [0.717, 1.165) is 17.3 Å². The summed E-state index contributed by atoms with van der Waals surface area (Å²) in [7, 11) is 2.07. The first kappa shape index (κ1) is 9.73. The number of aryl methyl sites for hydroxylation is 1. The van der Waals surface area contributed by atoms with Crippen molar-refractivity contribution < 1.29 is 0 Å². The molecular formula is C11H17N3S. The Hall–Kier alpha value is -0.480. The predicted octanol–water partition coefficient (Wildman–Crippen LogP) is 1.80. The van der Waals surface area contributed by atoms with Crippen molar-refractivity contribution in [1.82, 2.24) is 14.9 Å². The molecule has 2 atom stereocenters. The Balaban J connectivity index is 1.67. The van der Waals surface area contributed by atoms with Crippen LogP contribution in [-0.4, -0.2) is 26.9 Å². The van der Waals surface area contributed by atoms with Gasteiger partial charge in [-0.05, 0) is 25.7 Å². The summed E-state index contributed by atoms with van der Waals surface area (Å²) in [5, 5.41) is 5.61. The van der Waals surface area contributed by atoms with Gasteiger partial charge >= 0.3 is 0 Å². The second-order valence-electron chi connectivity index (χ2n) is 4.67. The van der Waals surface area contributed by atoms with Crippen LogP contribution in [0.4, 0.5) is 0 Å². The molecule has 2 bridgehead atoms. The molecular weight excluding hydrogens is 206 g/mol. The number of nitrogens with zero attached hydrogens (tertiary/aromatic N) is 2. The van der Waals surface area contributed by atoms with E-state index in [2.05, 4.69) is 21.9 Å². The van der Waals surface area contributed by atoms with E-state index in [1.54, 1.807) is 0 Å². The monoisotopic (exact) mass is 223 g/mol. The first-order valence-corrected chi connectivity index (χ1v) is 6.59. The summed E-state index contributed by atoms with van der Waals surface area (Å²) in [6.07, 6.45) is 9.29. The van der Waals surface area contributed by atoms with E-state index in [1.165, 1.54) is 30.8 Å². The number of nitrogens with one attached hydrogen (secondary N) is 1. The van der Waals surface area contributed by atoms with Crippen LogP contribution in [-0.2, 0) is 7.05 Å². The molecule has 0 amide bonds. The molecule has 0 spiro atoms. The van der Waals surface area contributed by atoms with E-state index in [0.29, 0.717) is 0 Å². The fourth-order valence-corrected chi connectivity index (χ4v) is 4.02. The Bertz CT molecular complexity index is 337. The number of thioether (sulfide) groups is 1. The highest BCUT2D eigenvalue weighted by Crippen LogP contribution is 2.36. The SMILES string of the molecule is Cn1ccnc1SC1CC2CCC(C1)N2. The van der Waals surface area contributed by atoms with Crippen molar-refractivity contribution in [1.29, 1.82) is 0 Å². The van der Waals surface area contributed by atoms with Crippen LogP contribution in [0.2, 0.25) is 0 Å². The lowest BCUT2D eigenvalue weighted by Gasteiger charge is -2.28.